The predicted octanol–water partition coefficient (Wildman–Crippen LogP) is 1.59. The summed E-state index contributed by atoms with van der Waals surface area (Å²) in [7, 11) is -3.21. The van der Waals surface area contributed by atoms with Gasteiger partial charge in [-0.3, -0.25) is 4.79 Å². The molecule has 1 saturated carbocycles. The number of carbonyl (C=O) groups is 1. The van der Waals surface area contributed by atoms with Gasteiger partial charge in [0.1, 0.15) is 0 Å². The minimum Gasteiger partial charge on any atom is -0.341 e. The summed E-state index contributed by atoms with van der Waals surface area (Å²) < 4.78 is 27.0. The quantitative estimate of drug-likeness (QED) is 0.795. The Kier molecular flexibility index (Phi) is 4.54. The normalized spacial score (nSPS) is 29.1. The molecule has 120 valence electrons. The maximum atomic E-state index is 12.7. The van der Waals surface area contributed by atoms with Crippen LogP contribution in [0.25, 0.3) is 0 Å². The highest BCUT2D eigenvalue weighted by molar-refractivity contribution is 7.89. The van der Waals surface area contributed by atoms with E-state index in [1.807, 2.05) is 4.90 Å². The van der Waals surface area contributed by atoms with Crippen LogP contribution in [0.1, 0.15) is 51.4 Å². The molecule has 1 atom stereocenters. The molecule has 1 aliphatic carbocycles. The zero-order valence-electron chi connectivity index (χ0n) is 12.7. The largest absolute Gasteiger partial charge is 0.341 e. The lowest BCUT2D eigenvalue weighted by Crippen LogP contribution is -2.50. The Bertz CT molecular complexity index is 479. The van der Waals surface area contributed by atoms with Gasteiger partial charge in [0.15, 0.2) is 0 Å². The zero-order chi connectivity index (χ0) is 14.9. The first-order valence-electron chi connectivity index (χ1n) is 8.37. The molecule has 3 fully saturated rings. The molecular weight excluding hydrogens is 288 g/mol. The second kappa shape index (κ2) is 6.24. The molecule has 1 amide bonds. The van der Waals surface area contributed by atoms with E-state index in [-0.39, 0.29) is 17.1 Å². The van der Waals surface area contributed by atoms with E-state index < -0.39 is 10.0 Å². The van der Waals surface area contributed by atoms with Gasteiger partial charge in [-0.2, -0.15) is 0 Å². The number of amides is 1. The summed E-state index contributed by atoms with van der Waals surface area (Å²) in [6.45, 7) is 2.47. The fourth-order valence-corrected chi connectivity index (χ4v) is 5.99. The van der Waals surface area contributed by atoms with Crippen molar-refractivity contribution in [2.45, 2.75) is 56.6 Å². The van der Waals surface area contributed by atoms with E-state index in [4.69, 9.17) is 0 Å². The summed E-state index contributed by atoms with van der Waals surface area (Å²) in [4.78, 5) is 14.3. The van der Waals surface area contributed by atoms with Crippen LogP contribution in [0.3, 0.4) is 0 Å². The first-order chi connectivity index (χ1) is 10.1. The lowest BCUT2D eigenvalue weighted by molar-refractivity contribution is -0.136. The maximum Gasteiger partial charge on any atom is 0.225 e. The highest BCUT2D eigenvalue weighted by atomic mass is 32.2. The van der Waals surface area contributed by atoms with Crippen molar-refractivity contribution in [2.75, 3.05) is 26.2 Å². The molecule has 2 heterocycles. The van der Waals surface area contributed by atoms with Crippen molar-refractivity contribution in [3.05, 3.63) is 0 Å². The number of rotatable bonds is 3. The number of carbonyl (C=O) groups excluding carboxylic acids is 1. The van der Waals surface area contributed by atoms with Crippen molar-refractivity contribution in [1.29, 1.82) is 0 Å². The molecule has 3 aliphatic rings. The second-order valence-corrected chi connectivity index (χ2v) is 8.89. The van der Waals surface area contributed by atoms with Crippen molar-refractivity contribution < 1.29 is 13.2 Å². The van der Waals surface area contributed by atoms with Crippen molar-refractivity contribution in [1.82, 2.24) is 9.21 Å². The fourth-order valence-electron chi connectivity index (χ4n) is 3.97. The first kappa shape index (κ1) is 15.3. The van der Waals surface area contributed by atoms with Gasteiger partial charge >= 0.3 is 0 Å². The molecule has 5 nitrogen and oxygen atoms in total. The molecule has 0 unspecified atom stereocenters. The van der Waals surface area contributed by atoms with Crippen molar-refractivity contribution >= 4 is 15.9 Å². The molecule has 0 aromatic rings. The van der Waals surface area contributed by atoms with Gasteiger partial charge < -0.3 is 4.90 Å². The van der Waals surface area contributed by atoms with Gasteiger partial charge in [-0.05, 0) is 38.5 Å². The molecule has 0 radical (unpaired) electrons. The standard InChI is InChI=1S/C15H26N2O3S/c18-15(13-6-1-2-7-13)16-9-5-8-14(12-16)21(19,20)17-10-3-4-11-17/h13-14H,1-12H2/t14-/m0/s1. The Labute approximate surface area is 127 Å². The van der Waals surface area contributed by atoms with Crippen molar-refractivity contribution in [2.24, 2.45) is 5.92 Å². The summed E-state index contributed by atoms with van der Waals surface area (Å²) in [5.41, 5.74) is 0. The van der Waals surface area contributed by atoms with Gasteiger partial charge in [-0.25, -0.2) is 12.7 Å². The van der Waals surface area contributed by atoms with E-state index in [1.54, 1.807) is 4.31 Å². The molecule has 6 heteroatoms. The Morgan fingerprint density at radius 2 is 1.52 bits per heavy atom. The summed E-state index contributed by atoms with van der Waals surface area (Å²) in [5, 5.41) is -0.380. The highest BCUT2D eigenvalue weighted by Gasteiger charge is 2.39. The number of hydrogen-bond donors (Lipinski definition) is 0. The Hall–Kier alpha value is -0.620. The number of sulfonamides is 1. The van der Waals surface area contributed by atoms with Crippen LogP contribution in [0, 0.1) is 5.92 Å². The molecular formula is C15H26N2O3S. The molecule has 0 spiro atoms. The van der Waals surface area contributed by atoms with Crippen LogP contribution in [-0.2, 0) is 14.8 Å². The molecule has 21 heavy (non-hydrogen) atoms. The molecule has 0 aromatic heterocycles. The number of likely N-dealkylation sites (tertiary alicyclic amines) is 1. The average Bonchev–Trinajstić information content (AvgIpc) is 3.19. The Morgan fingerprint density at radius 3 is 2.19 bits per heavy atom. The fraction of sp³-hybridized carbons (Fsp3) is 0.933. The van der Waals surface area contributed by atoms with Gasteiger partial charge in [0.05, 0.1) is 5.25 Å². The summed E-state index contributed by atoms with van der Waals surface area (Å²) >= 11 is 0. The van der Waals surface area contributed by atoms with Crippen LogP contribution in [0.4, 0.5) is 0 Å². The first-order valence-corrected chi connectivity index (χ1v) is 9.87. The minimum absolute atomic E-state index is 0.151. The number of piperidine rings is 1. The summed E-state index contributed by atoms with van der Waals surface area (Å²) in [6.07, 6.45) is 7.70. The molecule has 2 saturated heterocycles. The molecule has 2 aliphatic heterocycles. The van der Waals surface area contributed by atoms with Crippen molar-refractivity contribution in [3.63, 3.8) is 0 Å². The minimum atomic E-state index is -3.21. The summed E-state index contributed by atoms with van der Waals surface area (Å²) in [5.74, 6) is 0.354. The van der Waals surface area contributed by atoms with Crippen LogP contribution in [0.5, 0.6) is 0 Å². The maximum absolute atomic E-state index is 12.7. The summed E-state index contributed by atoms with van der Waals surface area (Å²) in [6, 6.07) is 0. The van der Waals surface area contributed by atoms with Crippen LogP contribution in [0.15, 0.2) is 0 Å². The Balaban J connectivity index is 1.66. The van der Waals surface area contributed by atoms with E-state index in [0.29, 0.717) is 26.1 Å². The smallest absolute Gasteiger partial charge is 0.225 e. The van der Waals surface area contributed by atoms with Crippen LogP contribution >= 0.6 is 0 Å². The van der Waals surface area contributed by atoms with Gasteiger partial charge in [0.25, 0.3) is 0 Å². The Morgan fingerprint density at radius 1 is 0.857 bits per heavy atom. The third-order valence-electron chi connectivity index (χ3n) is 5.24. The van der Waals surface area contributed by atoms with E-state index in [0.717, 1.165) is 51.5 Å². The van der Waals surface area contributed by atoms with E-state index >= 15 is 0 Å². The van der Waals surface area contributed by atoms with Gasteiger partial charge in [-0.1, -0.05) is 12.8 Å². The lowest BCUT2D eigenvalue weighted by Gasteiger charge is -2.35. The van der Waals surface area contributed by atoms with E-state index in [1.165, 1.54) is 0 Å². The van der Waals surface area contributed by atoms with Gasteiger partial charge in [0, 0.05) is 32.1 Å². The second-order valence-electron chi connectivity index (χ2n) is 6.68. The highest BCUT2D eigenvalue weighted by Crippen LogP contribution is 2.29. The topological polar surface area (TPSA) is 57.7 Å². The monoisotopic (exact) mass is 314 g/mol. The van der Waals surface area contributed by atoms with Crippen LogP contribution < -0.4 is 0 Å². The molecule has 3 rings (SSSR count). The third kappa shape index (κ3) is 3.11. The SMILES string of the molecule is O=C(C1CCCC1)N1CCC[C@H](S(=O)(=O)N2CCCC2)C1. The number of hydrogen-bond acceptors (Lipinski definition) is 3. The van der Waals surface area contributed by atoms with E-state index in [9.17, 15) is 13.2 Å². The van der Waals surface area contributed by atoms with Gasteiger partial charge in [-0.15, -0.1) is 0 Å². The third-order valence-corrected chi connectivity index (χ3v) is 7.55. The van der Waals surface area contributed by atoms with Crippen LogP contribution in [-0.4, -0.2) is 55.0 Å². The molecule has 0 aromatic carbocycles. The average molecular weight is 314 g/mol. The molecule has 0 N–H and O–H groups in total. The predicted molar refractivity (Wildman–Crippen MR) is 81.3 cm³/mol. The van der Waals surface area contributed by atoms with E-state index in [2.05, 4.69) is 0 Å². The number of nitrogens with zero attached hydrogens (tertiary/aromatic N) is 2. The van der Waals surface area contributed by atoms with Gasteiger partial charge in [0.2, 0.25) is 15.9 Å². The lowest BCUT2D eigenvalue weighted by atomic mass is 10.0. The molecule has 0 bridgehead atoms. The zero-order valence-corrected chi connectivity index (χ0v) is 13.5. The van der Waals surface area contributed by atoms with Crippen molar-refractivity contribution in [3.8, 4) is 0 Å². The van der Waals surface area contributed by atoms with Crippen LogP contribution in [0.2, 0.25) is 0 Å².